The molecule has 2 unspecified atom stereocenters. The Morgan fingerprint density at radius 3 is 2.41 bits per heavy atom. The third-order valence-corrected chi connectivity index (χ3v) is 6.53. The van der Waals surface area contributed by atoms with Gasteiger partial charge < -0.3 is 19.9 Å². The molecule has 3 saturated heterocycles. The van der Waals surface area contributed by atoms with E-state index in [2.05, 4.69) is 20.1 Å². The van der Waals surface area contributed by atoms with Crippen LogP contribution < -0.4 is 15.1 Å². The molecule has 0 radical (unpaired) electrons. The first-order valence-electron chi connectivity index (χ1n) is 11.1. The number of alkyl halides is 2. The fourth-order valence-corrected chi connectivity index (χ4v) is 5.01. The number of aromatic nitrogens is 4. The van der Waals surface area contributed by atoms with Crippen molar-refractivity contribution in [2.75, 3.05) is 49.2 Å². The number of hydrogen-bond donors (Lipinski definition) is 1. The Balaban J connectivity index is 1.50. The van der Waals surface area contributed by atoms with Gasteiger partial charge in [-0.15, -0.1) is 0 Å². The summed E-state index contributed by atoms with van der Waals surface area (Å²) < 4.78 is 35.0. The maximum absolute atomic E-state index is 14.0. The number of nitrogens with zero attached hydrogens (tertiary/aromatic N) is 6. The van der Waals surface area contributed by atoms with Crippen molar-refractivity contribution in [3.63, 3.8) is 0 Å². The van der Waals surface area contributed by atoms with Gasteiger partial charge in [-0.3, -0.25) is 4.57 Å². The van der Waals surface area contributed by atoms with Gasteiger partial charge in [-0.1, -0.05) is 12.1 Å². The van der Waals surface area contributed by atoms with Crippen LogP contribution in [0.3, 0.4) is 0 Å². The van der Waals surface area contributed by atoms with Crippen LogP contribution in [0.4, 0.5) is 20.5 Å². The summed E-state index contributed by atoms with van der Waals surface area (Å²) in [4.78, 5) is 18.2. The van der Waals surface area contributed by atoms with Crippen molar-refractivity contribution in [3.05, 3.63) is 36.2 Å². The number of para-hydroxylation sites is 2. The average Bonchev–Trinajstić information content (AvgIpc) is 3.39. The monoisotopic (exact) mass is 441 g/mol. The number of hydrogen-bond acceptors (Lipinski definition) is 7. The number of imidazole rings is 1. The predicted octanol–water partition coefficient (Wildman–Crippen LogP) is 2.53. The lowest BCUT2D eigenvalue weighted by molar-refractivity contribution is 0.122. The average molecular weight is 441 g/mol. The Hall–Kier alpha value is -2.85. The molecule has 10 heteroatoms. The first-order chi connectivity index (χ1) is 15.7. The van der Waals surface area contributed by atoms with Gasteiger partial charge in [-0.05, 0) is 25.0 Å². The zero-order chi connectivity index (χ0) is 21.7. The molecule has 0 amide bonds. The Morgan fingerprint density at radius 1 is 0.938 bits per heavy atom. The highest BCUT2D eigenvalue weighted by Gasteiger charge is 2.34. The van der Waals surface area contributed by atoms with Gasteiger partial charge in [-0.2, -0.15) is 9.97 Å². The van der Waals surface area contributed by atoms with E-state index in [1.165, 1.54) is 4.57 Å². The topological polar surface area (TPSA) is 71.3 Å². The summed E-state index contributed by atoms with van der Waals surface area (Å²) in [5.74, 6) is 1.44. The highest BCUT2D eigenvalue weighted by molar-refractivity contribution is 5.78. The van der Waals surface area contributed by atoms with Crippen molar-refractivity contribution in [1.29, 1.82) is 0 Å². The third kappa shape index (κ3) is 3.47. The Labute approximate surface area is 184 Å². The van der Waals surface area contributed by atoms with E-state index >= 15 is 0 Å². The SMILES string of the molecule is FC(F)c1nc2ccccc2n1-c1cc(N2CCOCC2)nc(N2CC3CCC(C2)N3)n1. The number of anilines is 2. The molecule has 8 nitrogen and oxygen atoms in total. The van der Waals surface area contributed by atoms with Gasteiger partial charge in [0.15, 0.2) is 5.82 Å². The molecule has 2 bridgehead atoms. The maximum Gasteiger partial charge on any atom is 0.296 e. The number of benzene rings is 1. The minimum atomic E-state index is -2.72. The summed E-state index contributed by atoms with van der Waals surface area (Å²) >= 11 is 0. The number of rotatable bonds is 4. The molecule has 0 spiro atoms. The summed E-state index contributed by atoms with van der Waals surface area (Å²) in [6.07, 6.45) is -0.444. The normalized spacial score (nSPS) is 23.5. The molecule has 1 N–H and O–H groups in total. The van der Waals surface area contributed by atoms with Crippen molar-refractivity contribution in [2.24, 2.45) is 0 Å². The maximum atomic E-state index is 14.0. The molecule has 3 aliphatic heterocycles. The number of nitrogens with one attached hydrogen (secondary N) is 1. The van der Waals surface area contributed by atoms with Gasteiger partial charge in [0.1, 0.15) is 11.6 Å². The van der Waals surface area contributed by atoms with E-state index in [0.29, 0.717) is 61.2 Å². The Morgan fingerprint density at radius 2 is 1.66 bits per heavy atom. The summed E-state index contributed by atoms with van der Waals surface area (Å²) in [6, 6.07) is 9.81. The van der Waals surface area contributed by atoms with E-state index in [1.54, 1.807) is 24.3 Å². The fraction of sp³-hybridized carbons (Fsp3) is 0.500. The Bertz CT molecular complexity index is 1120. The minimum Gasteiger partial charge on any atom is -0.378 e. The number of morpholine rings is 1. The van der Waals surface area contributed by atoms with Crippen molar-refractivity contribution in [2.45, 2.75) is 31.4 Å². The van der Waals surface area contributed by atoms with E-state index in [1.807, 2.05) is 6.07 Å². The van der Waals surface area contributed by atoms with Crippen LogP contribution in [0, 0.1) is 0 Å². The van der Waals surface area contributed by atoms with Crippen LogP contribution in [-0.2, 0) is 4.74 Å². The second kappa shape index (κ2) is 7.93. The smallest absolute Gasteiger partial charge is 0.296 e. The van der Waals surface area contributed by atoms with Gasteiger partial charge in [0.05, 0.1) is 24.2 Å². The van der Waals surface area contributed by atoms with Crippen LogP contribution in [0.15, 0.2) is 30.3 Å². The van der Waals surface area contributed by atoms with E-state index < -0.39 is 6.43 Å². The molecule has 6 rings (SSSR count). The molecule has 0 aliphatic carbocycles. The van der Waals surface area contributed by atoms with Gasteiger partial charge in [0.25, 0.3) is 6.43 Å². The lowest BCUT2D eigenvalue weighted by Crippen LogP contribution is -2.51. The van der Waals surface area contributed by atoms with Crippen LogP contribution in [0.5, 0.6) is 0 Å². The largest absolute Gasteiger partial charge is 0.378 e. The van der Waals surface area contributed by atoms with Gasteiger partial charge in [-0.25, -0.2) is 13.8 Å². The zero-order valence-electron chi connectivity index (χ0n) is 17.6. The molecule has 3 aliphatic rings. The van der Waals surface area contributed by atoms with E-state index in [4.69, 9.17) is 14.7 Å². The molecule has 0 saturated carbocycles. The highest BCUT2D eigenvalue weighted by Crippen LogP contribution is 2.31. The van der Waals surface area contributed by atoms with Gasteiger partial charge in [0, 0.05) is 44.3 Å². The van der Waals surface area contributed by atoms with Crippen LogP contribution >= 0.6 is 0 Å². The summed E-state index contributed by atoms with van der Waals surface area (Å²) in [5, 5.41) is 3.62. The number of halogens is 2. The van der Waals surface area contributed by atoms with Crippen molar-refractivity contribution >= 4 is 22.8 Å². The van der Waals surface area contributed by atoms with Crippen LogP contribution in [0.1, 0.15) is 25.1 Å². The Kier molecular flexibility index (Phi) is 4.91. The lowest BCUT2D eigenvalue weighted by Gasteiger charge is -2.34. The molecule has 2 aromatic heterocycles. The van der Waals surface area contributed by atoms with Gasteiger partial charge >= 0.3 is 0 Å². The molecule has 1 aromatic carbocycles. The molecular formula is C22H25F2N7O. The third-order valence-electron chi connectivity index (χ3n) is 6.53. The van der Waals surface area contributed by atoms with Crippen LogP contribution in [-0.4, -0.2) is 71.0 Å². The molecule has 5 heterocycles. The quantitative estimate of drug-likeness (QED) is 0.667. The predicted molar refractivity (Wildman–Crippen MR) is 117 cm³/mol. The van der Waals surface area contributed by atoms with Crippen LogP contribution in [0.25, 0.3) is 16.9 Å². The first-order valence-corrected chi connectivity index (χ1v) is 11.1. The number of piperazine rings is 1. The second-order valence-electron chi connectivity index (χ2n) is 8.62. The van der Waals surface area contributed by atoms with E-state index in [9.17, 15) is 8.78 Å². The van der Waals surface area contributed by atoms with E-state index in [-0.39, 0.29) is 5.82 Å². The fourth-order valence-electron chi connectivity index (χ4n) is 5.01. The van der Waals surface area contributed by atoms with Crippen molar-refractivity contribution in [1.82, 2.24) is 24.8 Å². The van der Waals surface area contributed by atoms with E-state index in [0.717, 1.165) is 31.7 Å². The minimum absolute atomic E-state index is 0.302. The molecule has 32 heavy (non-hydrogen) atoms. The summed E-state index contributed by atoms with van der Waals surface area (Å²) in [6.45, 7) is 4.26. The standard InChI is InChI=1S/C22H25F2N7O/c23-20(24)21-26-16-3-1-2-4-17(16)31(21)19-11-18(29-7-9-32-10-8-29)27-22(28-19)30-12-14-5-6-15(13-30)25-14/h1-4,11,14-15,20,25H,5-10,12-13H2. The second-order valence-corrected chi connectivity index (χ2v) is 8.62. The molecule has 3 fully saturated rings. The lowest BCUT2D eigenvalue weighted by atomic mass is 10.2. The zero-order valence-corrected chi connectivity index (χ0v) is 17.6. The molecule has 2 atom stereocenters. The number of ether oxygens (including phenoxy) is 1. The van der Waals surface area contributed by atoms with Gasteiger partial charge in [0.2, 0.25) is 5.95 Å². The van der Waals surface area contributed by atoms with Crippen molar-refractivity contribution < 1.29 is 13.5 Å². The number of fused-ring (bicyclic) bond motifs is 3. The van der Waals surface area contributed by atoms with Crippen LogP contribution in [0.2, 0.25) is 0 Å². The summed E-state index contributed by atoms with van der Waals surface area (Å²) in [7, 11) is 0. The molecular weight excluding hydrogens is 416 g/mol. The summed E-state index contributed by atoms with van der Waals surface area (Å²) in [5.41, 5.74) is 1.14. The molecule has 168 valence electrons. The highest BCUT2D eigenvalue weighted by atomic mass is 19.3. The first kappa shape index (κ1) is 19.8. The molecule has 3 aromatic rings. The van der Waals surface area contributed by atoms with Crippen molar-refractivity contribution in [3.8, 4) is 5.82 Å².